The van der Waals surface area contributed by atoms with E-state index < -0.39 is 5.41 Å². The summed E-state index contributed by atoms with van der Waals surface area (Å²) in [5.74, 6) is 1.80. The predicted octanol–water partition coefficient (Wildman–Crippen LogP) is 15.1. The van der Waals surface area contributed by atoms with Crippen molar-refractivity contribution in [1.82, 2.24) is 0 Å². The molecule has 0 amide bonds. The van der Waals surface area contributed by atoms with Gasteiger partial charge in [0.15, 0.2) is 0 Å². The van der Waals surface area contributed by atoms with E-state index in [1.165, 1.54) is 85.2 Å². The molecule has 0 radical (unpaired) electrons. The fraction of sp³-hybridized carbons (Fsp3) is 0.158. The molecule has 1 heterocycles. The van der Waals surface area contributed by atoms with Crippen LogP contribution in [0.2, 0.25) is 0 Å². The first-order chi connectivity index (χ1) is 28.9. The molecule has 2 heteroatoms. The summed E-state index contributed by atoms with van der Waals surface area (Å²) < 4.78 is 6.74. The minimum Gasteiger partial charge on any atom is -0.457 e. The SMILES string of the molecule is CC(C)(C)c1ccc(N(c2cccc(-c3ccccc3)c2)c2cc3c(cc2-c2ccc4c(c2)CCCC4)-c2ccccc2C32c3ccccc3Oc3ccccc32)cc1. The average molecular weight is 762 g/mol. The number of rotatable bonds is 5. The molecule has 3 aliphatic rings. The van der Waals surface area contributed by atoms with E-state index in [2.05, 4.69) is 208 Å². The molecule has 0 saturated heterocycles. The summed E-state index contributed by atoms with van der Waals surface area (Å²) in [6.45, 7) is 6.87. The first kappa shape index (κ1) is 35.5. The molecule has 2 aliphatic carbocycles. The highest BCUT2D eigenvalue weighted by Crippen LogP contribution is 2.63. The van der Waals surface area contributed by atoms with Crippen molar-refractivity contribution in [2.75, 3.05) is 4.90 Å². The lowest BCUT2D eigenvalue weighted by atomic mass is 9.66. The number of hydrogen-bond donors (Lipinski definition) is 0. The molecule has 0 atom stereocenters. The Labute approximate surface area is 348 Å². The van der Waals surface area contributed by atoms with Gasteiger partial charge in [-0.15, -0.1) is 0 Å². The number of para-hydroxylation sites is 2. The fourth-order valence-corrected chi connectivity index (χ4v) is 10.2. The minimum atomic E-state index is -0.589. The van der Waals surface area contributed by atoms with Crippen molar-refractivity contribution in [1.29, 1.82) is 0 Å². The van der Waals surface area contributed by atoms with Crippen LogP contribution in [0.3, 0.4) is 0 Å². The molecule has 8 aromatic rings. The molecule has 11 rings (SSSR count). The number of nitrogens with zero attached hydrogens (tertiary/aromatic N) is 1. The van der Waals surface area contributed by atoms with Gasteiger partial charge in [0.1, 0.15) is 11.5 Å². The zero-order valence-electron chi connectivity index (χ0n) is 34.0. The minimum absolute atomic E-state index is 0.0282. The van der Waals surface area contributed by atoms with Crippen molar-refractivity contribution in [3.63, 3.8) is 0 Å². The molecule has 0 N–H and O–H groups in total. The maximum absolute atomic E-state index is 6.74. The second-order valence-corrected chi connectivity index (χ2v) is 17.5. The lowest BCUT2D eigenvalue weighted by Crippen LogP contribution is -2.32. The maximum Gasteiger partial charge on any atom is 0.132 e. The Morgan fingerprint density at radius 2 is 1.08 bits per heavy atom. The lowest BCUT2D eigenvalue weighted by Gasteiger charge is -2.40. The van der Waals surface area contributed by atoms with Gasteiger partial charge in [0, 0.05) is 28.1 Å². The molecule has 2 nitrogen and oxygen atoms in total. The van der Waals surface area contributed by atoms with E-state index in [1.807, 2.05) is 0 Å². The summed E-state index contributed by atoms with van der Waals surface area (Å²) >= 11 is 0. The topological polar surface area (TPSA) is 12.5 Å². The van der Waals surface area contributed by atoms with Crippen LogP contribution in [-0.4, -0.2) is 0 Å². The molecule has 59 heavy (non-hydrogen) atoms. The number of anilines is 3. The smallest absolute Gasteiger partial charge is 0.132 e. The zero-order valence-corrected chi connectivity index (χ0v) is 34.0. The van der Waals surface area contributed by atoms with Crippen LogP contribution in [0.25, 0.3) is 33.4 Å². The van der Waals surface area contributed by atoms with E-state index in [0.29, 0.717) is 0 Å². The first-order valence-corrected chi connectivity index (χ1v) is 21.2. The van der Waals surface area contributed by atoms with E-state index in [-0.39, 0.29) is 5.41 Å². The van der Waals surface area contributed by atoms with E-state index in [0.717, 1.165) is 41.4 Å². The van der Waals surface area contributed by atoms with E-state index >= 15 is 0 Å². The van der Waals surface area contributed by atoms with Gasteiger partial charge >= 0.3 is 0 Å². The molecule has 0 aromatic heterocycles. The van der Waals surface area contributed by atoms with Gasteiger partial charge in [0.2, 0.25) is 0 Å². The van der Waals surface area contributed by atoms with Gasteiger partial charge in [-0.05, 0) is 135 Å². The summed E-state index contributed by atoms with van der Waals surface area (Å²) in [7, 11) is 0. The second kappa shape index (κ2) is 13.7. The fourth-order valence-electron chi connectivity index (χ4n) is 10.2. The second-order valence-electron chi connectivity index (χ2n) is 17.5. The number of hydrogen-bond acceptors (Lipinski definition) is 2. The molecule has 8 aromatic carbocycles. The molecule has 286 valence electrons. The summed E-state index contributed by atoms with van der Waals surface area (Å²) in [5.41, 5.74) is 19.4. The molecular formula is C57H47NO. The van der Waals surface area contributed by atoms with Crippen LogP contribution in [0.15, 0.2) is 182 Å². The van der Waals surface area contributed by atoms with Gasteiger partial charge in [-0.2, -0.15) is 0 Å². The summed E-state index contributed by atoms with van der Waals surface area (Å²) in [4.78, 5) is 2.52. The Balaban J connectivity index is 1.25. The monoisotopic (exact) mass is 761 g/mol. The number of fused-ring (bicyclic) bond motifs is 10. The highest BCUT2D eigenvalue weighted by molar-refractivity contribution is 5.97. The quantitative estimate of drug-likeness (QED) is 0.173. The largest absolute Gasteiger partial charge is 0.457 e. The summed E-state index contributed by atoms with van der Waals surface area (Å²) in [6.07, 6.45) is 4.78. The Hall–Kier alpha value is -6.64. The van der Waals surface area contributed by atoms with Gasteiger partial charge in [-0.3, -0.25) is 0 Å². The van der Waals surface area contributed by atoms with Gasteiger partial charge in [0.05, 0.1) is 11.1 Å². The molecular weight excluding hydrogens is 715 g/mol. The van der Waals surface area contributed by atoms with Crippen molar-refractivity contribution in [3.8, 4) is 44.9 Å². The zero-order chi connectivity index (χ0) is 39.7. The van der Waals surface area contributed by atoms with Crippen LogP contribution >= 0.6 is 0 Å². The normalized spacial score (nSPS) is 14.4. The van der Waals surface area contributed by atoms with Crippen LogP contribution in [0, 0.1) is 0 Å². The molecule has 1 spiro atoms. The highest BCUT2D eigenvalue weighted by Gasteiger charge is 2.51. The van der Waals surface area contributed by atoms with Crippen molar-refractivity contribution < 1.29 is 4.74 Å². The third-order valence-electron chi connectivity index (χ3n) is 13.1. The number of aryl methyl sites for hydroxylation is 2. The molecule has 1 aliphatic heterocycles. The van der Waals surface area contributed by atoms with Crippen molar-refractivity contribution in [2.45, 2.75) is 57.3 Å². The van der Waals surface area contributed by atoms with Crippen molar-refractivity contribution >= 4 is 17.1 Å². The highest BCUT2D eigenvalue weighted by atomic mass is 16.5. The van der Waals surface area contributed by atoms with Crippen LogP contribution in [0.5, 0.6) is 11.5 Å². The van der Waals surface area contributed by atoms with Crippen LogP contribution in [-0.2, 0) is 23.7 Å². The first-order valence-electron chi connectivity index (χ1n) is 21.2. The van der Waals surface area contributed by atoms with E-state index in [1.54, 1.807) is 0 Å². The van der Waals surface area contributed by atoms with Crippen molar-refractivity contribution in [2.24, 2.45) is 0 Å². The Morgan fingerprint density at radius 1 is 0.441 bits per heavy atom. The third-order valence-corrected chi connectivity index (χ3v) is 13.1. The molecule has 0 bridgehead atoms. The molecule has 0 saturated carbocycles. The average Bonchev–Trinajstić information content (AvgIpc) is 3.56. The van der Waals surface area contributed by atoms with Crippen LogP contribution in [0.1, 0.15) is 72.6 Å². The Morgan fingerprint density at radius 3 is 1.81 bits per heavy atom. The molecule has 0 unspecified atom stereocenters. The van der Waals surface area contributed by atoms with Gasteiger partial charge < -0.3 is 9.64 Å². The number of benzene rings is 8. The van der Waals surface area contributed by atoms with E-state index in [9.17, 15) is 0 Å². The van der Waals surface area contributed by atoms with Gasteiger partial charge in [0.25, 0.3) is 0 Å². The standard InChI is InChI=1S/C57H47NO/c1-56(2,3)43-30-32-44(33-31-43)58(45-21-15-20-41(35-45)38-16-5-4-6-17-38)53-37-52-48(36-47(53)42-29-28-39-18-7-8-19-40(39)34-42)46-22-9-10-23-49(46)57(52)50-24-11-13-26-54(50)59-55-27-14-12-25-51(55)57/h4-6,9-17,20-37H,7-8,18-19H2,1-3H3. The van der Waals surface area contributed by atoms with Gasteiger partial charge in [-0.1, -0.05) is 154 Å². The molecule has 0 fully saturated rings. The van der Waals surface area contributed by atoms with Gasteiger partial charge in [-0.25, -0.2) is 0 Å². The Kier molecular flexibility index (Phi) is 8.27. The predicted molar refractivity (Wildman–Crippen MR) is 245 cm³/mol. The van der Waals surface area contributed by atoms with Crippen LogP contribution in [0.4, 0.5) is 17.1 Å². The summed E-state index contributed by atoms with van der Waals surface area (Å²) in [5, 5.41) is 0. The lowest BCUT2D eigenvalue weighted by molar-refractivity contribution is 0.436. The third kappa shape index (κ3) is 5.69. The maximum atomic E-state index is 6.74. The number of ether oxygens (including phenoxy) is 1. The van der Waals surface area contributed by atoms with E-state index in [4.69, 9.17) is 4.74 Å². The van der Waals surface area contributed by atoms with Crippen molar-refractivity contribution in [3.05, 3.63) is 221 Å². The van der Waals surface area contributed by atoms with Crippen LogP contribution < -0.4 is 9.64 Å². The Bertz CT molecular complexity index is 2850. The summed E-state index contributed by atoms with van der Waals surface area (Å²) in [6, 6.07) is 67.9.